The zero-order chi connectivity index (χ0) is 12.5. The van der Waals surface area contributed by atoms with Crippen molar-refractivity contribution in [1.82, 2.24) is 4.98 Å². The molecule has 1 rings (SSSR count). The predicted octanol–water partition coefficient (Wildman–Crippen LogP) is 2.93. The Kier molecular flexibility index (Phi) is 3.20. The lowest BCUT2D eigenvalue weighted by atomic mass is 10.2. The number of halogens is 5. The van der Waals surface area contributed by atoms with Gasteiger partial charge in [0.25, 0.3) is 6.43 Å². The molecule has 0 spiro atoms. The number of hydrogen-bond acceptors (Lipinski definition) is 3. The molecule has 1 aromatic heterocycles. The quantitative estimate of drug-likeness (QED) is 0.812. The average Bonchev–Trinajstić information content (AvgIpc) is 2.07. The van der Waals surface area contributed by atoms with Crippen LogP contribution in [0.3, 0.4) is 0 Å². The normalized spacial score (nSPS) is 11.9. The van der Waals surface area contributed by atoms with Crippen molar-refractivity contribution in [3.05, 3.63) is 17.5 Å². The molecule has 16 heavy (non-hydrogen) atoms. The van der Waals surface area contributed by atoms with Crippen LogP contribution in [0, 0.1) is 6.92 Å². The van der Waals surface area contributed by atoms with E-state index >= 15 is 0 Å². The van der Waals surface area contributed by atoms with E-state index in [9.17, 15) is 22.0 Å². The number of nitrogens with zero attached hydrogens (tertiary/aromatic N) is 1. The molecule has 0 aromatic carbocycles. The van der Waals surface area contributed by atoms with Gasteiger partial charge in [-0.05, 0) is 6.92 Å². The number of aromatic hydroxyl groups is 1. The van der Waals surface area contributed by atoms with Crippen LogP contribution in [0.2, 0.25) is 0 Å². The molecular weight excluding hydrogens is 237 g/mol. The topological polar surface area (TPSA) is 42.4 Å². The molecule has 90 valence electrons. The van der Waals surface area contributed by atoms with Gasteiger partial charge in [0.2, 0.25) is 0 Å². The molecule has 0 saturated heterocycles. The number of aromatic nitrogens is 1. The largest absolute Gasteiger partial charge is 0.573 e. The molecule has 0 unspecified atom stereocenters. The lowest BCUT2D eigenvalue weighted by Crippen LogP contribution is -2.17. The second kappa shape index (κ2) is 4.11. The maximum absolute atomic E-state index is 12.3. The SMILES string of the molecule is Cc1cc(OC(F)(F)F)c(O)c(C(F)F)n1. The highest BCUT2D eigenvalue weighted by Crippen LogP contribution is 2.37. The standard InChI is InChI=1S/C8H6F5NO2/c1-3-2-4(16-8(11,12)13)6(15)5(14-3)7(9)10/h2,7,15H,1H3. The second-order valence-electron chi connectivity index (χ2n) is 2.84. The minimum absolute atomic E-state index is 0.118. The molecule has 3 nitrogen and oxygen atoms in total. The smallest absolute Gasteiger partial charge is 0.503 e. The summed E-state index contributed by atoms with van der Waals surface area (Å²) in [4.78, 5) is 3.22. The highest BCUT2D eigenvalue weighted by Gasteiger charge is 2.33. The van der Waals surface area contributed by atoms with Crippen LogP contribution in [0.15, 0.2) is 6.07 Å². The van der Waals surface area contributed by atoms with Crippen molar-refractivity contribution in [2.45, 2.75) is 19.7 Å². The summed E-state index contributed by atoms with van der Waals surface area (Å²) in [5.41, 5.74) is -1.26. The van der Waals surface area contributed by atoms with Crippen LogP contribution >= 0.6 is 0 Å². The van der Waals surface area contributed by atoms with E-state index in [1.807, 2.05) is 0 Å². The summed E-state index contributed by atoms with van der Waals surface area (Å²) in [6.45, 7) is 1.20. The van der Waals surface area contributed by atoms with Gasteiger partial charge in [0, 0.05) is 11.8 Å². The summed E-state index contributed by atoms with van der Waals surface area (Å²) in [5.74, 6) is -2.40. The van der Waals surface area contributed by atoms with E-state index in [2.05, 4.69) is 9.72 Å². The van der Waals surface area contributed by atoms with Crippen LogP contribution in [0.4, 0.5) is 22.0 Å². The number of rotatable bonds is 2. The summed E-state index contributed by atoms with van der Waals surface area (Å²) >= 11 is 0. The first-order valence-electron chi connectivity index (χ1n) is 3.95. The van der Waals surface area contributed by atoms with E-state index in [-0.39, 0.29) is 5.69 Å². The van der Waals surface area contributed by atoms with Crippen molar-refractivity contribution in [3.8, 4) is 11.5 Å². The van der Waals surface area contributed by atoms with Gasteiger partial charge in [-0.1, -0.05) is 0 Å². The summed E-state index contributed by atoms with van der Waals surface area (Å²) < 4.78 is 63.4. The fraction of sp³-hybridized carbons (Fsp3) is 0.375. The van der Waals surface area contributed by atoms with Crippen LogP contribution < -0.4 is 4.74 Å². The van der Waals surface area contributed by atoms with Crippen molar-refractivity contribution < 1.29 is 31.8 Å². The number of hydrogen-bond donors (Lipinski definition) is 1. The molecule has 0 amide bonds. The zero-order valence-electron chi connectivity index (χ0n) is 7.85. The highest BCUT2D eigenvalue weighted by atomic mass is 19.4. The Labute approximate surface area is 86.5 Å². The number of pyridine rings is 1. The van der Waals surface area contributed by atoms with E-state index in [0.717, 1.165) is 0 Å². The molecule has 8 heteroatoms. The molecule has 0 atom stereocenters. The van der Waals surface area contributed by atoms with E-state index < -0.39 is 30.0 Å². The Morgan fingerprint density at radius 1 is 1.38 bits per heavy atom. The monoisotopic (exact) mass is 243 g/mol. The van der Waals surface area contributed by atoms with Crippen LogP contribution in [0.25, 0.3) is 0 Å². The van der Waals surface area contributed by atoms with Crippen LogP contribution in [-0.2, 0) is 0 Å². The van der Waals surface area contributed by atoms with Crippen LogP contribution in [-0.4, -0.2) is 16.5 Å². The number of aryl methyl sites for hydroxylation is 1. The second-order valence-corrected chi connectivity index (χ2v) is 2.84. The number of alkyl halides is 5. The first-order valence-corrected chi connectivity index (χ1v) is 3.95. The van der Waals surface area contributed by atoms with Gasteiger partial charge in [0.15, 0.2) is 17.2 Å². The minimum Gasteiger partial charge on any atom is -0.503 e. The third-order valence-electron chi connectivity index (χ3n) is 1.55. The molecule has 1 N–H and O–H groups in total. The van der Waals surface area contributed by atoms with Crippen molar-refractivity contribution in [2.75, 3.05) is 0 Å². The van der Waals surface area contributed by atoms with Gasteiger partial charge >= 0.3 is 6.36 Å². The van der Waals surface area contributed by atoms with Gasteiger partial charge in [0.05, 0.1) is 0 Å². The lowest BCUT2D eigenvalue weighted by Gasteiger charge is -2.12. The van der Waals surface area contributed by atoms with Gasteiger partial charge < -0.3 is 9.84 Å². The van der Waals surface area contributed by atoms with E-state index in [0.29, 0.717) is 6.07 Å². The predicted molar refractivity (Wildman–Crippen MR) is 42.3 cm³/mol. The first kappa shape index (κ1) is 12.5. The van der Waals surface area contributed by atoms with Gasteiger partial charge in [-0.2, -0.15) is 0 Å². The molecule has 0 fully saturated rings. The number of ether oxygens (including phenoxy) is 1. The van der Waals surface area contributed by atoms with Gasteiger partial charge in [-0.25, -0.2) is 13.8 Å². The fourth-order valence-electron chi connectivity index (χ4n) is 1.01. The third kappa shape index (κ3) is 2.94. The van der Waals surface area contributed by atoms with Crippen molar-refractivity contribution >= 4 is 0 Å². The Hall–Kier alpha value is -1.60. The summed E-state index contributed by atoms with van der Waals surface area (Å²) in [6, 6.07) is 0.717. The zero-order valence-corrected chi connectivity index (χ0v) is 7.85. The third-order valence-corrected chi connectivity index (χ3v) is 1.55. The van der Waals surface area contributed by atoms with E-state index in [1.165, 1.54) is 6.92 Å². The lowest BCUT2D eigenvalue weighted by molar-refractivity contribution is -0.275. The highest BCUT2D eigenvalue weighted by molar-refractivity contribution is 5.43. The molecule has 0 bridgehead atoms. The van der Waals surface area contributed by atoms with Crippen LogP contribution in [0.1, 0.15) is 17.8 Å². The molecule has 0 aliphatic heterocycles. The first-order chi connectivity index (χ1) is 7.20. The Morgan fingerprint density at radius 2 is 1.94 bits per heavy atom. The Bertz CT molecular complexity index is 391. The van der Waals surface area contributed by atoms with Gasteiger partial charge in [0.1, 0.15) is 0 Å². The minimum atomic E-state index is -5.06. The molecule has 1 aromatic rings. The molecule has 0 aliphatic rings. The van der Waals surface area contributed by atoms with E-state index in [4.69, 9.17) is 5.11 Å². The van der Waals surface area contributed by atoms with Gasteiger partial charge in [-0.3, -0.25) is 0 Å². The molecular formula is C8H6F5NO2. The molecule has 0 aliphatic carbocycles. The van der Waals surface area contributed by atoms with E-state index in [1.54, 1.807) is 0 Å². The maximum atomic E-state index is 12.3. The van der Waals surface area contributed by atoms with Crippen LogP contribution in [0.5, 0.6) is 11.5 Å². The van der Waals surface area contributed by atoms with Crippen molar-refractivity contribution in [1.29, 1.82) is 0 Å². The molecule has 0 saturated carbocycles. The molecule has 1 heterocycles. The molecule has 0 radical (unpaired) electrons. The van der Waals surface area contributed by atoms with Gasteiger partial charge in [-0.15, -0.1) is 13.2 Å². The Balaban J connectivity index is 3.19. The summed E-state index contributed by atoms with van der Waals surface area (Å²) in [5, 5.41) is 9.08. The maximum Gasteiger partial charge on any atom is 0.573 e. The summed E-state index contributed by atoms with van der Waals surface area (Å²) in [7, 11) is 0. The van der Waals surface area contributed by atoms with Crippen molar-refractivity contribution in [2.24, 2.45) is 0 Å². The van der Waals surface area contributed by atoms with Crippen molar-refractivity contribution in [3.63, 3.8) is 0 Å². The summed E-state index contributed by atoms with van der Waals surface area (Å²) in [6.07, 6.45) is -8.25. The average molecular weight is 243 g/mol. The Morgan fingerprint density at radius 3 is 2.38 bits per heavy atom. The fourth-order valence-corrected chi connectivity index (χ4v) is 1.01.